The number of urea groups is 1. The Kier molecular flexibility index (Phi) is 3.56. The van der Waals surface area contributed by atoms with E-state index in [1.54, 1.807) is 15.6 Å². The number of H-pyrrole nitrogens is 1. The minimum Gasteiger partial charge on any atom is -0.320 e. The lowest BCUT2D eigenvalue weighted by Gasteiger charge is -2.21. The molecule has 1 saturated heterocycles. The Morgan fingerprint density at radius 2 is 1.88 bits per heavy atom. The molecule has 0 spiro atoms. The molecule has 1 aromatic carbocycles. The van der Waals surface area contributed by atoms with Crippen molar-refractivity contribution >= 4 is 22.8 Å². The summed E-state index contributed by atoms with van der Waals surface area (Å²) in [5.74, 6) is 0.560. The lowest BCUT2D eigenvalue weighted by molar-refractivity contribution is 0.209. The summed E-state index contributed by atoms with van der Waals surface area (Å²) in [6.45, 7) is 5.26. The average molecular weight is 337 g/mol. The fraction of sp³-hybridized carbons (Fsp3) is 0.278. The number of amides is 2. The molecule has 0 atom stereocenters. The Morgan fingerprint density at radius 1 is 1.12 bits per heavy atom. The van der Waals surface area contributed by atoms with Gasteiger partial charge in [-0.15, -0.1) is 0 Å². The zero-order valence-corrected chi connectivity index (χ0v) is 14.1. The minimum absolute atomic E-state index is 0.0500. The normalized spacial score (nSPS) is 14.9. The summed E-state index contributed by atoms with van der Waals surface area (Å²) < 4.78 is 1.73. The monoisotopic (exact) mass is 337 g/mol. The van der Waals surface area contributed by atoms with Crippen LogP contribution in [0.3, 0.4) is 0 Å². The highest BCUT2D eigenvalue weighted by molar-refractivity contribution is 5.95. The third kappa shape index (κ3) is 2.48. The van der Waals surface area contributed by atoms with Gasteiger partial charge in [0, 0.05) is 31.4 Å². The Hall–Kier alpha value is -3.09. The van der Waals surface area contributed by atoms with Crippen molar-refractivity contribution in [3.05, 3.63) is 52.9 Å². The molecule has 7 heteroatoms. The molecular formula is C18H19N5O2. The number of carbonyl (C=O) groups is 1. The molecule has 0 saturated carbocycles. The number of anilines is 1. The van der Waals surface area contributed by atoms with Gasteiger partial charge in [0.15, 0.2) is 0 Å². The molecule has 1 fully saturated rings. The molecule has 3 aromatic rings. The minimum atomic E-state index is -0.200. The maximum atomic E-state index is 12.6. The standard InChI is InChI=1S/C18H19N5O2/c1-12(2)21-8-9-22(18(21)25)16-10-15-14(11-19-16)17(24)20-23(15)13-6-4-3-5-7-13/h3-7,10-12H,8-9H2,1-2H3,(H,20,24). The zero-order chi connectivity index (χ0) is 17.6. The summed E-state index contributed by atoms with van der Waals surface area (Å²) >= 11 is 0. The molecule has 0 aliphatic carbocycles. The first kappa shape index (κ1) is 15.4. The second-order valence-corrected chi connectivity index (χ2v) is 6.39. The van der Waals surface area contributed by atoms with Crippen LogP contribution in [0.15, 0.2) is 47.4 Å². The van der Waals surface area contributed by atoms with Crippen molar-refractivity contribution in [3.8, 4) is 5.69 Å². The molecule has 7 nitrogen and oxygen atoms in total. The van der Waals surface area contributed by atoms with Crippen molar-refractivity contribution in [1.82, 2.24) is 19.7 Å². The van der Waals surface area contributed by atoms with Gasteiger partial charge in [-0.3, -0.25) is 19.5 Å². The maximum Gasteiger partial charge on any atom is 0.326 e. The molecule has 0 unspecified atom stereocenters. The van der Waals surface area contributed by atoms with E-state index in [0.717, 1.165) is 5.69 Å². The predicted octanol–water partition coefficient (Wildman–Crippen LogP) is 2.36. The van der Waals surface area contributed by atoms with Gasteiger partial charge in [0.05, 0.1) is 16.6 Å². The highest BCUT2D eigenvalue weighted by Crippen LogP contribution is 2.23. The molecule has 0 bridgehead atoms. The summed E-state index contributed by atoms with van der Waals surface area (Å²) in [5.41, 5.74) is 1.36. The van der Waals surface area contributed by atoms with E-state index in [0.29, 0.717) is 29.8 Å². The van der Waals surface area contributed by atoms with E-state index < -0.39 is 0 Å². The number of hydrogen-bond donors (Lipinski definition) is 1. The van der Waals surface area contributed by atoms with Crippen LogP contribution >= 0.6 is 0 Å². The number of hydrogen-bond acceptors (Lipinski definition) is 3. The molecule has 0 radical (unpaired) electrons. The van der Waals surface area contributed by atoms with Gasteiger partial charge in [0.1, 0.15) is 5.82 Å². The summed E-state index contributed by atoms with van der Waals surface area (Å²) in [4.78, 5) is 32.6. The van der Waals surface area contributed by atoms with E-state index in [9.17, 15) is 9.59 Å². The van der Waals surface area contributed by atoms with Crippen LogP contribution < -0.4 is 10.5 Å². The molecule has 4 rings (SSSR count). The lowest BCUT2D eigenvalue weighted by Crippen LogP contribution is -2.36. The molecule has 1 aliphatic rings. The number of nitrogens with one attached hydrogen (secondary N) is 1. The number of rotatable bonds is 3. The number of aromatic nitrogens is 3. The average Bonchev–Trinajstić information content (AvgIpc) is 3.16. The first-order chi connectivity index (χ1) is 12.1. The first-order valence-corrected chi connectivity index (χ1v) is 8.30. The molecule has 3 heterocycles. The molecule has 1 aliphatic heterocycles. The van der Waals surface area contributed by atoms with Crippen LogP contribution in [0, 0.1) is 0 Å². The molecule has 1 N–H and O–H groups in total. The van der Waals surface area contributed by atoms with Crippen LogP contribution in [0.4, 0.5) is 10.6 Å². The number of fused-ring (bicyclic) bond motifs is 1. The van der Waals surface area contributed by atoms with E-state index in [2.05, 4.69) is 10.1 Å². The van der Waals surface area contributed by atoms with Crippen LogP contribution in [0.2, 0.25) is 0 Å². The number of carbonyl (C=O) groups excluding carboxylic acids is 1. The Morgan fingerprint density at radius 3 is 2.56 bits per heavy atom. The van der Waals surface area contributed by atoms with E-state index in [1.807, 2.05) is 49.1 Å². The predicted molar refractivity (Wildman–Crippen MR) is 96.3 cm³/mol. The van der Waals surface area contributed by atoms with Gasteiger partial charge in [0.2, 0.25) is 0 Å². The summed E-state index contributed by atoms with van der Waals surface area (Å²) in [6, 6.07) is 11.5. The second-order valence-electron chi connectivity index (χ2n) is 6.39. The van der Waals surface area contributed by atoms with Crippen molar-refractivity contribution in [2.45, 2.75) is 19.9 Å². The van der Waals surface area contributed by atoms with Gasteiger partial charge in [-0.2, -0.15) is 0 Å². The van der Waals surface area contributed by atoms with E-state index >= 15 is 0 Å². The van der Waals surface area contributed by atoms with Gasteiger partial charge in [-0.25, -0.2) is 9.78 Å². The first-order valence-electron chi connectivity index (χ1n) is 8.30. The lowest BCUT2D eigenvalue weighted by atomic mass is 10.3. The summed E-state index contributed by atoms with van der Waals surface area (Å²) in [5, 5.41) is 3.33. The van der Waals surface area contributed by atoms with Gasteiger partial charge in [0.25, 0.3) is 5.56 Å². The second kappa shape index (κ2) is 5.77. The Balaban J connectivity index is 1.81. The zero-order valence-electron chi connectivity index (χ0n) is 14.1. The van der Waals surface area contributed by atoms with E-state index in [4.69, 9.17) is 0 Å². The van der Waals surface area contributed by atoms with Crippen LogP contribution in [-0.4, -0.2) is 44.8 Å². The maximum absolute atomic E-state index is 12.6. The largest absolute Gasteiger partial charge is 0.326 e. The quantitative estimate of drug-likeness (QED) is 0.797. The smallest absolute Gasteiger partial charge is 0.320 e. The number of pyridine rings is 1. The van der Waals surface area contributed by atoms with Crippen molar-refractivity contribution in [2.24, 2.45) is 0 Å². The number of nitrogens with zero attached hydrogens (tertiary/aromatic N) is 4. The van der Waals surface area contributed by atoms with E-state index in [-0.39, 0.29) is 17.6 Å². The third-order valence-corrected chi connectivity index (χ3v) is 4.52. The molecule has 2 aromatic heterocycles. The van der Waals surface area contributed by atoms with Crippen molar-refractivity contribution in [3.63, 3.8) is 0 Å². The fourth-order valence-electron chi connectivity index (χ4n) is 3.19. The topological polar surface area (TPSA) is 74.2 Å². The Bertz CT molecular complexity index is 990. The van der Waals surface area contributed by atoms with Gasteiger partial charge < -0.3 is 4.90 Å². The van der Waals surface area contributed by atoms with Crippen molar-refractivity contribution in [1.29, 1.82) is 0 Å². The number of aromatic amines is 1. The van der Waals surface area contributed by atoms with Gasteiger partial charge in [-0.1, -0.05) is 18.2 Å². The molecular weight excluding hydrogens is 318 g/mol. The fourth-order valence-corrected chi connectivity index (χ4v) is 3.19. The number of para-hydroxylation sites is 1. The van der Waals surface area contributed by atoms with Crippen molar-refractivity contribution < 1.29 is 4.79 Å². The van der Waals surface area contributed by atoms with Crippen LogP contribution in [0.25, 0.3) is 16.6 Å². The van der Waals surface area contributed by atoms with Crippen LogP contribution in [0.1, 0.15) is 13.8 Å². The third-order valence-electron chi connectivity index (χ3n) is 4.52. The molecule has 25 heavy (non-hydrogen) atoms. The number of benzene rings is 1. The molecule has 2 amide bonds. The molecule has 128 valence electrons. The van der Waals surface area contributed by atoms with Crippen molar-refractivity contribution in [2.75, 3.05) is 18.0 Å². The SMILES string of the molecule is CC(C)N1CCN(c2cc3c(cn2)c(=O)[nH]n3-c2ccccc2)C1=O. The highest BCUT2D eigenvalue weighted by Gasteiger charge is 2.32. The van der Waals surface area contributed by atoms with E-state index in [1.165, 1.54) is 6.20 Å². The van der Waals surface area contributed by atoms with Gasteiger partial charge in [-0.05, 0) is 26.0 Å². The van der Waals surface area contributed by atoms with Gasteiger partial charge >= 0.3 is 6.03 Å². The Labute approximate surface area is 144 Å². The van der Waals surface area contributed by atoms with Crippen LogP contribution in [-0.2, 0) is 0 Å². The summed E-state index contributed by atoms with van der Waals surface area (Å²) in [6.07, 6.45) is 1.54. The van der Waals surface area contributed by atoms with Crippen LogP contribution in [0.5, 0.6) is 0 Å². The highest BCUT2D eigenvalue weighted by atomic mass is 16.2. The summed E-state index contributed by atoms with van der Waals surface area (Å²) in [7, 11) is 0.